The lowest BCUT2D eigenvalue weighted by Crippen LogP contribution is -2.24. The molecule has 0 aromatic rings. The molecule has 1 unspecified atom stereocenters. The van der Waals surface area contributed by atoms with Gasteiger partial charge < -0.3 is 0 Å². The van der Waals surface area contributed by atoms with Gasteiger partial charge in [0, 0.05) is 5.92 Å². The lowest BCUT2D eigenvalue weighted by molar-refractivity contribution is 0.177. The Kier molecular flexibility index (Phi) is 11.5. The zero-order valence-electron chi connectivity index (χ0n) is 18.6. The minimum Gasteiger partial charge on any atom is -0.198 e. The second kappa shape index (κ2) is 13.6. The average Bonchev–Trinajstić information content (AvgIpc) is 2.71. The Morgan fingerprint density at radius 1 is 0.667 bits per heavy atom. The summed E-state index contributed by atoms with van der Waals surface area (Å²) < 4.78 is 0. The van der Waals surface area contributed by atoms with Crippen molar-refractivity contribution in [1.82, 2.24) is 0 Å². The van der Waals surface area contributed by atoms with Gasteiger partial charge >= 0.3 is 0 Å². The highest BCUT2D eigenvalue weighted by Crippen LogP contribution is 2.41. The average molecular weight is 374 g/mol. The molecule has 0 amide bonds. The Bertz CT molecular complexity index is 393. The van der Waals surface area contributed by atoms with E-state index < -0.39 is 0 Å². The monoisotopic (exact) mass is 373 g/mol. The smallest absolute Gasteiger partial charge is 0.0658 e. The van der Waals surface area contributed by atoms with E-state index in [1.165, 1.54) is 116 Å². The van der Waals surface area contributed by atoms with Crippen molar-refractivity contribution in [2.45, 2.75) is 129 Å². The van der Waals surface area contributed by atoms with Gasteiger partial charge in [0.1, 0.15) is 0 Å². The quantitative estimate of drug-likeness (QED) is 0.314. The summed E-state index contributed by atoms with van der Waals surface area (Å²) in [4.78, 5) is 0. The molecule has 1 atom stereocenters. The van der Waals surface area contributed by atoms with E-state index in [4.69, 9.17) is 0 Å². The molecule has 2 rings (SSSR count). The first-order valence-electron chi connectivity index (χ1n) is 12.7. The molecule has 0 bridgehead atoms. The molecule has 0 heterocycles. The molecular weight excluding hydrogens is 326 g/mol. The number of unbranched alkanes of at least 4 members (excludes halogenated alkanes) is 5. The highest BCUT2D eigenvalue weighted by Gasteiger charge is 2.30. The molecule has 0 spiro atoms. The van der Waals surface area contributed by atoms with E-state index in [-0.39, 0.29) is 0 Å². The molecule has 0 radical (unpaired) electrons. The van der Waals surface area contributed by atoms with Crippen molar-refractivity contribution in [3.8, 4) is 6.07 Å². The Balaban J connectivity index is 1.62. The first kappa shape index (κ1) is 22.8. The predicted molar refractivity (Wildman–Crippen MR) is 118 cm³/mol. The maximum atomic E-state index is 9.82. The molecule has 0 aromatic carbocycles. The minimum absolute atomic E-state index is 0.354. The summed E-state index contributed by atoms with van der Waals surface area (Å²) in [6.45, 7) is 4.60. The van der Waals surface area contributed by atoms with Crippen LogP contribution in [0, 0.1) is 40.9 Å². The van der Waals surface area contributed by atoms with Crippen molar-refractivity contribution in [2.75, 3.05) is 0 Å². The van der Waals surface area contributed by atoms with Crippen LogP contribution in [0.15, 0.2) is 0 Å². The molecule has 27 heavy (non-hydrogen) atoms. The highest BCUT2D eigenvalue weighted by atomic mass is 14.4. The third-order valence-electron chi connectivity index (χ3n) is 7.86. The SMILES string of the molecule is CCCCCC[C@H]1CC[C@H](CC(C#N)[C@H]2CC[C@H](CCCCC)CC2)CC1. The molecule has 2 aliphatic carbocycles. The van der Waals surface area contributed by atoms with E-state index in [1.807, 2.05) is 0 Å². The summed E-state index contributed by atoms with van der Waals surface area (Å²) in [6.07, 6.45) is 25.1. The van der Waals surface area contributed by atoms with Gasteiger partial charge in [0.2, 0.25) is 0 Å². The van der Waals surface area contributed by atoms with Gasteiger partial charge in [0.25, 0.3) is 0 Å². The van der Waals surface area contributed by atoms with Gasteiger partial charge in [-0.1, -0.05) is 110 Å². The van der Waals surface area contributed by atoms with Crippen LogP contribution in [0.1, 0.15) is 129 Å². The number of rotatable bonds is 12. The standard InChI is InChI=1S/C26H47N/c1-3-5-7-9-11-22-12-14-24(15-13-22)20-26(21-27)25-18-16-23(17-19-25)10-8-6-4-2/h22-26H,3-20H2,1-2H3/t22-,23-,24-,25-,26?. The largest absolute Gasteiger partial charge is 0.198 e. The van der Waals surface area contributed by atoms with Crippen LogP contribution < -0.4 is 0 Å². The van der Waals surface area contributed by atoms with E-state index in [1.54, 1.807) is 0 Å². The van der Waals surface area contributed by atoms with Crippen molar-refractivity contribution in [3.63, 3.8) is 0 Å². The maximum absolute atomic E-state index is 9.82. The highest BCUT2D eigenvalue weighted by molar-refractivity contribution is 4.92. The molecule has 1 nitrogen and oxygen atoms in total. The van der Waals surface area contributed by atoms with Crippen molar-refractivity contribution in [3.05, 3.63) is 0 Å². The first-order valence-corrected chi connectivity index (χ1v) is 12.7. The molecule has 2 fully saturated rings. The zero-order chi connectivity index (χ0) is 19.3. The Morgan fingerprint density at radius 2 is 1.15 bits per heavy atom. The molecule has 0 aliphatic heterocycles. The number of hydrogen-bond acceptors (Lipinski definition) is 1. The Labute approximate surface area is 170 Å². The van der Waals surface area contributed by atoms with Crippen molar-refractivity contribution in [2.24, 2.45) is 29.6 Å². The molecular formula is C26H47N. The van der Waals surface area contributed by atoms with Crippen LogP contribution >= 0.6 is 0 Å². The third kappa shape index (κ3) is 8.58. The van der Waals surface area contributed by atoms with Crippen LogP contribution in [-0.4, -0.2) is 0 Å². The molecule has 0 N–H and O–H groups in total. The van der Waals surface area contributed by atoms with Crippen LogP contribution in [0.3, 0.4) is 0 Å². The summed E-state index contributed by atoms with van der Waals surface area (Å²) in [6, 6.07) is 2.75. The van der Waals surface area contributed by atoms with Gasteiger partial charge in [-0.25, -0.2) is 0 Å². The lowest BCUT2D eigenvalue weighted by Gasteiger charge is -2.34. The van der Waals surface area contributed by atoms with E-state index in [0.29, 0.717) is 11.8 Å². The van der Waals surface area contributed by atoms with Crippen LogP contribution in [0.4, 0.5) is 0 Å². The van der Waals surface area contributed by atoms with E-state index in [2.05, 4.69) is 19.9 Å². The van der Waals surface area contributed by atoms with Gasteiger partial charge in [-0.3, -0.25) is 0 Å². The summed E-state index contributed by atoms with van der Waals surface area (Å²) in [5.74, 6) is 3.88. The van der Waals surface area contributed by atoms with Gasteiger partial charge in [-0.05, 0) is 42.9 Å². The number of hydrogen-bond donors (Lipinski definition) is 0. The Hall–Kier alpha value is -0.510. The zero-order valence-corrected chi connectivity index (χ0v) is 18.6. The lowest BCUT2D eigenvalue weighted by atomic mass is 9.70. The third-order valence-corrected chi connectivity index (χ3v) is 7.86. The summed E-state index contributed by atoms with van der Waals surface area (Å²) >= 11 is 0. The molecule has 156 valence electrons. The maximum Gasteiger partial charge on any atom is 0.0658 e. The summed E-state index contributed by atoms with van der Waals surface area (Å²) in [7, 11) is 0. The van der Waals surface area contributed by atoms with Crippen molar-refractivity contribution < 1.29 is 0 Å². The normalized spacial score (nSPS) is 30.0. The topological polar surface area (TPSA) is 23.8 Å². The van der Waals surface area contributed by atoms with Crippen LogP contribution in [0.2, 0.25) is 0 Å². The fourth-order valence-electron chi connectivity index (χ4n) is 5.89. The van der Waals surface area contributed by atoms with E-state index in [0.717, 1.165) is 17.8 Å². The number of nitriles is 1. The van der Waals surface area contributed by atoms with Crippen LogP contribution in [0.25, 0.3) is 0 Å². The second-order valence-corrected chi connectivity index (χ2v) is 9.98. The summed E-state index contributed by atoms with van der Waals surface area (Å²) in [5.41, 5.74) is 0. The van der Waals surface area contributed by atoms with Gasteiger partial charge in [-0.2, -0.15) is 5.26 Å². The van der Waals surface area contributed by atoms with E-state index in [9.17, 15) is 5.26 Å². The van der Waals surface area contributed by atoms with Crippen LogP contribution in [0.5, 0.6) is 0 Å². The second-order valence-electron chi connectivity index (χ2n) is 9.98. The fourth-order valence-corrected chi connectivity index (χ4v) is 5.89. The van der Waals surface area contributed by atoms with E-state index >= 15 is 0 Å². The predicted octanol–water partition coefficient (Wildman–Crippen LogP) is 8.68. The van der Waals surface area contributed by atoms with Crippen molar-refractivity contribution >= 4 is 0 Å². The van der Waals surface area contributed by atoms with Gasteiger partial charge in [0.05, 0.1) is 6.07 Å². The summed E-state index contributed by atoms with van der Waals surface area (Å²) in [5, 5.41) is 9.82. The molecule has 2 aliphatic rings. The molecule has 0 aromatic heterocycles. The van der Waals surface area contributed by atoms with Gasteiger partial charge in [0.15, 0.2) is 0 Å². The molecule has 0 saturated heterocycles. The number of nitrogens with zero attached hydrogens (tertiary/aromatic N) is 1. The molecule has 2 saturated carbocycles. The Morgan fingerprint density at radius 3 is 1.70 bits per heavy atom. The fraction of sp³-hybridized carbons (Fsp3) is 0.962. The van der Waals surface area contributed by atoms with Gasteiger partial charge in [-0.15, -0.1) is 0 Å². The minimum atomic E-state index is 0.354. The first-order chi connectivity index (χ1) is 13.3. The van der Waals surface area contributed by atoms with Crippen molar-refractivity contribution in [1.29, 1.82) is 5.26 Å². The van der Waals surface area contributed by atoms with Crippen LogP contribution in [-0.2, 0) is 0 Å². The molecule has 1 heteroatoms.